The van der Waals surface area contributed by atoms with Gasteiger partial charge in [-0.3, -0.25) is 14.4 Å². The third-order valence-electron chi connectivity index (χ3n) is 7.48. The van der Waals surface area contributed by atoms with E-state index in [-0.39, 0.29) is 17.4 Å². The van der Waals surface area contributed by atoms with E-state index in [1.807, 2.05) is 0 Å². The van der Waals surface area contributed by atoms with E-state index in [1.165, 1.54) is 135 Å². The molecule has 0 aromatic rings. The van der Waals surface area contributed by atoms with Crippen molar-refractivity contribution in [1.29, 1.82) is 0 Å². The Balaban J connectivity index is -0.000000262. The standard InChI is InChI=1S/3C12H24O2.Cr/c3*1-2-3-4-5-6-7-8-9-10-11-12(13)14;/h3*2-11H2,1H3,(H,13,14);. The molecule has 0 unspecified atom stereocenters. The Morgan fingerprint density at radius 3 is 0.581 bits per heavy atom. The molecular weight excluding hydrogens is 580 g/mol. The maximum Gasteiger partial charge on any atom is 0.303 e. The van der Waals surface area contributed by atoms with Crippen LogP contribution in [0.4, 0.5) is 0 Å². The number of unbranched alkanes of at least 4 members (excludes halogenated alkanes) is 24. The van der Waals surface area contributed by atoms with E-state index in [2.05, 4.69) is 20.8 Å². The summed E-state index contributed by atoms with van der Waals surface area (Å²) in [6.45, 7) is 6.68. The Bertz CT molecular complexity index is 480. The third-order valence-corrected chi connectivity index (χ3v) is 7.48. The fourth-order valence-corrected chi connectivity index (χ4v) is 4.76. The molecule has 0 aromatic heterocycles. The summed E-state index contributed by atoms with van der Waals surface area (Å²) in [6.07, 6.45) is 34.4. The molecule has 0 saturated carbocycles. The van der Waals surface area contributed by atoms with E-state index < -0.39 is 17.9 Å². The van der Waals surface area contributed by atoms with E-state index in [4.69, 9.17) is 15.3 Å². The van der Waals surface area contributed by atoms with Gasteiger partial charge in [-0.05, 0) is 19.3 Å². The zero-order chi connectivity index (χ0) is 31.9. The van der Waals surface area contributed by atoms with Gasteiger partial charge in [-0.25, -0.2) is 0 Å². The van der Waals surface area contributed by atoms with Crippen LogP contribution >= 0.6 is 0 Å². The second kappa shape index (κ2) is 45.4. The van der Waals surface area contributed by atoms with Crippen LogP contribution in [0.3, 0.4) is 0 Å². The largest absolute Gasteiger partial charge is 0.481 e. The zero-order valence-corrected chi connectivity index (χ0v) is 30.0. The van der Waals surface area contributed by atoms with Gasteiger partial charge in [-0.2, -0.15) is 0 Å². The minimum atomic E-state index is -0.659. The predicted octanol–water partition coefficient (Wildman–Crippen LogP) is 12.0. The molecule has 7 heteroatoms. The molecular formula is C36H72CrO6. The van der Waals surface area contributed by atoms with Gasteiger partial charge in [-0.15, -0.1) is 0 Å². The van der Waals surface area contributed by atoms with Crippen molar-refractivity contribution in [3.8, 4) is 0 Å². The summed E-state index contributed by atoms with van der Waals surface area (Å²) in [5.41, 5.74) is 0. The maximum atomic E-state index is 10.2. The number of hydrogen-bond donors (Lipinski definition) is 3. The molecule has 0 spiro atoms. The molecule has 43 heavy (non-hydrogen) atoms. The van der Waals surface area contributed by atoms with Crippen LogP contribution in [0.5, 0.6) is 0 Å². The molecule has 0 bridgehead atoms. The Labute approximate surface area is 277 Å². The zero-order valence-electron chi connectivity index (χ0n) is 28.7. The molecule has 0 heterocycles. The number of rotatable bonds is 30. The minimum Gasteiger partial charge on any atom is -0.481 e. The van der Waals surface area contributed by atoms with Crippen LogP contribution in [0.1, 0.15) is 213 Å². The summed E-state index contributed by atoms with van der Waals surface area (Å²) in [4.78, 5) is 30.6. The van der Waals surface area contributed by atoms with Crippen molar-refractivity contribution >= 4 is 17.9 Å². The molecule has 0 aliphatic heterocycles. The van der Waals surface area contributed by atoms with Crippen LogP contribution in [0.25, 0.3) is 0 Å². The van der Waals surface area contributed by atoms with Crippen LogP contribution in [0, 0.1) is 0 Å². The summed E-state index contributed by atoms with van der Waals surface area (Å²) in [5.74, 6) is -1.98. The van der Waals surface area contributed by atoms with Gasteiger partial charge >= 0.3 is 17.9 Å². The fraction of sp³-hybridized carbons (Fsp3) is 0.917. The first kappa shape index (κ1) is 48.8. The van der Waals surface area contributed by atoms with Crippen molar-refractivity contribution < 1.29 is 47.1 Å². The molecule has 3 N–H and O–H groups in total. The van der Waals surface area contributed by atoms with Crippen LogP contribution in [0.15, 0.2) is 0 Å². The molecule has 0 atom stereocenters. The summed E-state index contributed by atoms with van der Waals surface area (Å²) in [6, 6.07) is 0. The van der Waals surface area contributed by atoms with E-state index in [0.29, 0.717) is 19.3 Å². The SMILES string of the molecule is CCCCCCCCCCCC(=O)O.CCCCCCCCCCCC(=O)O.CCCCCCCCCCCC(=O)O.[Cr]. The Hall–Kier alpha value is -1.06. The summed E-state index contributed by atoms with van der Waals surface area (Å²) >= 11 is 0. The van der Waals surface area contributed by atoms with Gasteiger partial charge in [0.2, 0.25) is 0 Å². The average Bonchev–Trinajstić information content (AvgIpc) is 2.95. The van der Waals surface area contributed by atoms with E-state index >= 15 is 0 Å². The molecule has 0 fully saturated rings. The second-order valence-electron chi connectivity index (χ2n) is 11.9. The van der Waals surface area contributed by atoms with Crippen LogP contribution in [0.2, 0.25) is 0 Å². The molecule has 0 aliphatic rings. The monoisotopic (exact) mass is 652 g/mol. The predicted molar refractivity (Wildman–Crippen MR) is 178 cm³/mol. The van der Waals surface area contributed by atoms with Gasteiger partial charge in [-0.1, -0.05) is 175 Å². The number of carboxylic acid groups (broad SMARTS) is 3. The van der Waals surface area contributed by atoms with E-state index in [1.54, 1.807) is 0 Å². The first-order valence-corrected chi connectivity index (χ1v) is 18.0. The van der Waals surface area contributed by atoms with Crippen molar-refractivity contribution in [3.63, 3.8) is 0 Å². The average molecular weight is 653 g/mol. The first-order valence-electron chi connectivity index (χ1n) is 18.0. The number of carbonyl (C=O) groups is 3. The second-order valence-corrected chi connectivity index (χ2v) is 11.9. The van der Waals surface area contributed by atoms with Crippen LogP contribution in [-0.4, -0.2) is 33.2 Å². The molecule has 0 radical (unpaired) electrons. The Morgan fingerprint density at radius 1 is 0.302 bits per heavy atom. The molecule has 6 nitrogen and oxygen atoms in total. The van der Waals surface area contributed by atoms with Crippen molar-refractivity contribution in [2.75, 3.05) is 0 Å². The fourth-order valence-electron chi connectivity index (χ4n) is 4.76. The van der Waals surface area contributed by atoms with E-state index in [9.17, 15) is 14.4 Å². The number of aliphatic carboxylic acids is 3. The smallest absolute Gasteiger partial charge is 0.303 e. The van der Waals surface area contributed by atoms with Crippen molar-refractivity contribution in [3.05, 3.63) is 0 Å². The molecule has 0 amide bonds. The third kappa shape index (κ3) is 60.9. The van der Waals surface area contributed by atoms with Crippen molar-refractivity contribution in [2.24, 2.45) is 0 Å². The molecule has 0 rings (SSSR count). The van der Waals surface area contributed by atoms with E-state index in [0.717, 1.165) is 38.5 Å². The molecule has 0 aromatic carbocycles. The molecule has 258 valence electrons. The van der Waals surface area contributed by atoms with Gasteiger partial charge in [0, 0.05) is 36.6 Å². The summed E-state index contributed by atoms with van der Waals surface area (Å²) < 4.78 is 0. The Morgan fingerprint density at radius 2 is 0.442 bits per heavy atom. The maximum absolute atomic E-state index is 10.2. The van der Waals surface area contributed by atoms with Crippen molar-refractivity contribution in [2.45, 2.75) is 213 Å². The van der Waals surface area contributed by atoms with Crippen molar-refractivity contribution in [1.82, 2.24) is 0 Å². The van der Waals surface area contributed by atoms with Gasteiger partial charge in [0.25, 0.3) is 0 Å². The first-order chi connectivity index (χ1) is 20.3. The van der Waals surface area contributed by atoms with Crippen LogP contribution < -0.4 is 0 Å². The molecule has 0 aliphatic carbocycles. The Kier molecular flexibility index (Phi) is 51.5. The van der Waals surface area contributed by atoms with Crippen LogP contribution in [-0.2, 0) is 31.7 Å². The topological polar surface area (TPSA) is 112 Å². The van der Waals surface area contributed by atoms with Gasteiger partial charge in [0.05, 0.1) is 0 Å². The van der Waals surface area contributed by atoms with Gasteiger partial charge < -0.3 is 15.3 Å². The number of hydrogen-bond acceptors (Lipinski definition) is 3. The molecule has 0 saturated heterocycles. The number of carboxylic acids is 3. The van der Waals surface area contributed by atoms with Gasteiger partial charge in [0.1, 0.15) is 0 Å². The summed E-state index contributed by atoms with van der Waals surface area (Å²) in [7, 11) is 0. The minimum absolute atomic E-state index is 0. The normalized spacial score (nSPS) is 10.1. The van der Waals surface area contributed by atoms with Gasteiger partial charge in [0.15, 0.2) is 0 Å². The summed E-state index contributed by atoms with van der Waals surface area (Å²) in [5, 5.41) is 25.2. The quantitative estimate of drug-likeness (QED) is 0.0666.